The van der Waals surface area contributed by atoms with Crippen molar-refractivity contribution in [1.82, 2.24) is 10.2 Å². The first-order valence-electron chi connectivity index (χ1n) is 4.82. The number of methoxy groups -OCH3 is 1. The number of nitrogens with one attached hydrogen (secondary N) is 1. The highest BCUT2D eigenvalue weighted by atomic mass is 16.5. The van der Waals surface area contributed by atoms with Crippen molar-refractivity contribution >= 4 is 5.91 Å². The number of nitrogens with zero attached hydrogens (tertiary/aromatic N) is 1. The van der Waals surface area contributed by atoms with E-state index in [2.05, 4.69) is 5.32 Å². The van der Waals surface area contributed by atoms with Crippen LogP contribution in [0.25, 0.3) is 0 Å². The van der Waals surface area contributed by atoms with Crippen molar-refractivity contribution < 1.29 is 9.53 Å². The molecule has 1 heterocycles. The van der Waals surface area contributed by atoms with E-state index in [1.165, 1.54) is 0 Å². The van der Waals surface area contributed by atoms with Gasteiger partial charge in [0.15, 0.2) is 0 Å². The van der Waals surface area contributed by atoms with E-state index in [0.717, 1.165) is 32.6 Å². The Balaban J connectivity index is 2.44. The molecule has 1 aliphatic heterocycles. The van der Waals surface area contributed by atoms with E-state index in [0.29, 0.717) is 0 Å². The van der Waals surface area contributed by atoms with Gasteiger partial charge in [0.25, 0.3) is 5.91 Å². The molecule has 0 bridgehead atoms. The van der Waals surface area contributed by atoms with Crippen molar-refractivity contribution in [3.05, 3.63) is 0 Å². The highest BCUT2D eigenvalue weighted by Crippen LogP contribution is 2.03. The third-order valence-electron chi connectivity index (χ3n) is 2.36. The lowest BCUT2D eigenvalue weighted by Gasteiger charge is -2.29. The van der Waals surface area contributed by atoms with Crippen LogP contribution in [0.15, 0.2) is 0 Å². The molecule has 1 aliphatic rings. The molecule has 0 spiro atoms. The van der Waals surface area contributed by atoms with Crippen molar-refractivity contribution in [2.24, 2.45) is 0 Å². The molecule has 0 aromatic heterocycles. The van der Waals surface area contributed by atoms with Crippen molar-refractivity contribution in [3.63, 3.8) is 0 Å². The number of amides is 1. The number of hydrogen-bond donors (Lipinski definition) is 1. The Morgan fingerprint density at radius 1 is 1.54 bits per heavy atom. The minimum atomic E-state index is -0.252. The standard InChI is InChI=1S/C9H18N2O2/c1-3-8(13-2)9(12)11-6-4-10-5-7-11/h8,10H,3-7H2,1-2H3. The largest absolute Gasteiger partial charge is 0.372 e. The molecule has 1 N–H and O–H groups in total. The van der Waals surface area contributed by atoms with Gasteiger partial charge in [-0.15, -0.1) is 0 Å². The van der Waals surface area contributed by atoms with E-state index in [4.69, 9.17) is 4.74 Å². The molecule has 1 fully saturated rings. The average Bonchev–Trinajstić information content (AvgIpc) is 2.21. The third kappa shape index (κ3) is 2.67. The maximum absolute atomic E-state index is 11.7. The van der Waals surface area contributed by atoms with Gasteiger partial charge in [-0.05, 0) is 6.42 Å². The first-order chi connectivity index (χ1) is 6.29. The number of carbonyl (C=O) groups excluding carboxylic acids is 1. The van der Waals surface area contributed by atoms with Gasteiger partial charge in [-0.2, -0.15) is 0 Å². The zero-order valence-electron chi connectivity index (χ0n) is 8.38. The first kappa shape index (κ1) is 10.5. The maximum Gasteiger partial charge on any atom is 0.251 e. The van der Waals surface area contributed by atoms with Gasteiger partial charge in [0, 0.05) is 33.3 Å². The van der Waals surface area contributed by atoms with Crippen LogP contribution in [0.5, 0.6) is 0 Å². The fourth-order valence-electron chi connectivity index (χ4n) is 1.53. The van der Waals surface area contributed by atoms with Gasteiger partial charge in [0.1, 0.15) is 6.10 Å². The molecule has 4 nitrogen and oxygen atoms in total. The molecular weight excluding hydrogens is 168 g/mol. The van der Waals surface area contributed by atoms with Gasteiger partial charge in [-0.1, -0.05) is 6.92 Å². The Morgan fingerprint density at radius 3 is 2.62 bits per heavy atom. The van der Waals surface area contributed by atoms with Gasteiger partial charge in [-0.3, -0.25) is 4.79 Å². The molecule has 4 heteroatoms. The van der Waals surface area contributed by atoms with Gasteiger partial charge in [-0.25, -0.2) is 0 Å². The third-order valence-corrected chi connectivity index (χ3v) is 2.36. The summed E-state index contributed by atoms with van der Waals surface area (Å²) in [5, 5.41) is 3.21. The van der Waals surface area contributed by atoms with Gasteiger partial charge < -0.3 is 15.0 Å². The molecule has 0 aromatic carbocycles. The van der Waals surface area contributed by atoms with Crippen LogP contribution >= 0.6 is 0 Å². The molecule has 76 valence electrons. The Morgan fingerprint density at radius 2 is 2.15 bits per heavy atom. The highest BCUT2D eigenvalue weighted by Gasteiger charge is 2.23. The van der Waals surface area contributed by atoms with Crippen LogP contribution in [0.3, 0.4) is 0 Å². The summed E-state index contributed by atoms with van der Waals surface area (Å²) in [5.74, 6) is 0.131. The molecule has 0 saturated carbocycles. The minimum Gasteiger partial charge on any atom is -0.372 e. The van der Waals surface area contributed by atoms with Crippen LogP contribution in [0.4, 0.5) is 0 Å². The predicted octanol–water partition coefficient (Wildman–Crippen LogP) is -0.157. The van der Waals surface area contributed by atoms with Crippen LogP contribution in [-0.2, 0) is 9.53 Å². The smallest absolute Gasteiger partial charge is 0.251 e. The lowest BCUT2D eigenvalue weighted by atomic mass is 10.2. The van der Waals surface area contributed by atoms with Gasteiger partial charge in [0.2, 0.25) is 0 Å². The fraction of sp³-hybridized carbons (Fsp3) is 0.889. The first-order valence-corrected chi connectivity index (χ1v) is 4.82. The Labute approximate surface area is 79.2 Å². The maximum atomic E-state index is 11.7. The summed E-state index contributed by atoms with van der Waals surface area (Å²) in [7, 11) is 1.59. The number of hydrogen-bond acceptors (Lipinski definition) is 3. The number of ether oxygens (including phenoxy) is 1. The van der Waals surface area contributed by atoms with E-state index < -0.39 is 0 Å². The van der Waals surface area contributed by atoms with Crippen LogP contribution in [-0.4, -0.2) is 50.2 Å². The second kappa shape index (κ2) is 5.19. The molecule has 1 atom stereocenters. The lowest BCUT2D eigenvalue weighted by Crippen LogP contribution is -2.50. The van der Waals surface area contributed by atoms with Crippen LogP contribution in [0, 0.1) is 0 Å². The second-order valence-corrected chi connectivity index (χ2v) is 3.21. The average molecular weight is 186 g/mol. The van der Waals surface area contributed by atoms with E-state index in [1.807, 2.05) is 11.8 Å². The number of rotatable bonds is 3. The molecule has 1 amide bonds. The van der Waals surface area contributed by atoms with Crippen LogP contribution < -0.4 is 5.32 Å². The minimum absolute atomic E-state index is 0.131. The summed E-state index contributed by atoms with van der Waals surface area (Å²) < 4.78 is 5.10. The summed E-state index contributed by atoms with van der Waals surface area (Å²) in [4.78, 5) is 13.6. The topological polar surface area (TPSA) is 41.6 Å². The van der Waals surface area contributed by atoms with E-state index >= 15 is 0 Å². The Bertz CT molecular complexity index is 163. The van der Waals surface area contributed by atoms with Gasteiger partial charge >= 0.3 is 0 Å². The summed E-state index contributed by atoms with van der Waals surface area (Å²) in [5.41, 5.74) is 0. The quantitative estimate of drug-likeness (QED) is 0.666. The van der Waals surface area contributed by atoms with Crippen LogP contribution in [0.2, 0.25) is 0 Å². The van der Waals surface area contributed by atoms with Crippen molar-refractivity contribution in [3.8, 4) is 0 Å². The van der Waals surface area contributed by atoms with E-state index in [9.17, 15) is 4.79 Å². The number of carbonyl (C=O) groups is 1. The zero-order valence-corrected chi connectivity index (χ0v) is 8.38. The molecule has 1 rings (SSSR count). The monoisotopic (exact) mass is 186 g/mol. The highest BCUT2D eigenvalue weighted by molar-refractivity contribution is 5.81. The van der Waals surface area contributed by atoms with Crippen molar-refractivity contribution in [1.29, 1.82) is 0 Å². The summed E-state index contributed by atoms with van der Waals surface area (Å²) >= 11 is 0. The van der Waals surface area contributed by atoms with Crippen molar-refractivity contribution in [2.45, 2.75) is 19.4 Å². The van der Waals surface area contributed by atoms with Crippen molar-refractivity contribution in [2.75, 3.05) is 33.3 Å². The molecule has 13 heavy (non-hydrogen) atoms. The van der Waals surface area contributed by atoms with E-state index in [1.54, 1.807) is 7.11 Å². The molecule has 1 unspecified atom stereocenters. The van der Waals surface area contributed by atoms with Gasteiger partial charge in [0.05, 0.1) is 0 Å². The van der Waals surface area contributed by atoms with E-state index in [-0.39, 0.29) is 12.0 Å². The second-order valence-electron chi connectivity index (χ2n) is 3.21. The normalized spacial score (nSPS) is 20.0. The Kier molecular flexibility index (Phi) is 4.18. The molecule has 0 aromatic rings. The van der Waals surface area contributed by atoms with Crippen LogP contribution in [0.1, 0.15) is 13.3 Å². The molecule has 0 radical (unpaired) electrons. The summed E-state index contributed by atoms with van der Waals surface area (Å²) in [6.45, 7) is 5.36. The fourth-order valence-corrected chi connectivity index (χ4v) is 1.53. The lowest BCUT2D eigenvalue weighted by molar-refractivity contribution is -0.142. The Hall–Kier alpha value is -0.610. The molecular formula is C9H18N2O2. The SMILES string of the molecule is CCC(OC)C(=O)N1CCNCC1. The summed E-state index contributed by atoms with van der Waals surface area (Å²) in [6, 6.07) is 0. The molecule has 0 aliphatic carbocycles. The zero-order chi connectivity index (χ0) is 9.68. The molecule has 1 saturated heterocycles. The number of piperazine rings is 1. The summed E-state index contributed by atoms with van der Waals surface area (Å²) in [6.07, 6.45) is 0.498. The predicted molar refractivity (Wildman–Crippen MR) is 50.5 cm³/mol.